The molecule has 1 aromatic carbocycles. The third-order valence-electron chi connectivity index (χ3n) is 3.09. The number of aliphatic hydroxyl groups excluding tert-OH is 1. The highest BCUT2D eigenvalue weighted by Gasteiger charge is 2.19. The first-order valence-electron chi connectivity index (χ1n) is 6.42. The summed E-state index contributed by atoms with van der Waals surface area (Å²) in [6.45, 7) is 6.07. The van der Waals surface area contributed by atoms with E-state index in [4.69, 9.17) is 14.6 Å². The summed E-state index contributed by atoms with van der Waals surface area (Å²) in [5.41, 5.74) is 1.21. The van der Waals surface area contributed by atoms with Crippen LogP contribution in [0.5, 0.6) is 5.75 Å². The molecule has 1 fully saturated rings. The van der Waals surface area contributed by atoms with Gasteiger partial charge in [-0.1, -0.05) is 12.1 Å². The predicted molar refractivity (Wildman–Crippen MR) is 69.9 cm³/mol. The second-order valence-electron chi connectivity index (χ2n) is 4.64. The molecule has 1 unspecified atom stereocenters. The number of morpholine rings is 1. The summed E-state index contributed by atoms with van der Waals surface area (Å²) in [7, 11) is 0. The van der Waals surface area contributed by atoms with Crippen LogP contribution in [0.25, 0.3) is 0 Å². The van der Waals surface area contributed by atoms with Crippen LogP contribution in [0.15, 0.2) is 24.3 Å². The maximum Gasteiger partial charge on any atom is 0.119 e. The number of hydrogen-bond acceptors (Lipinski definition) is 4. The Morgan fingerprint density at radius 1 is 1.50 bits per heavy atom. The van der Waals surface area contributed by atoms with Crippen molar-refractivity contribution in [1.29, 1.82) is 0 Å². The van der Waals surface area contributed by atoms with Gasteiger partial charge in [-0.15, -0.1) is 0 Å². The summed E-state index contributed by atoms with van der Waals surface area (Å²) >= 11 is 0. The van der Waals surface area contributed by atoms with Crippen molar-refractivity contribution < 1.29 is 14.6 Å². The van der Waals surface area contributed by atoms with Gasteiger partial charge in [-0.05, 0) is 24.6 Å². The van der Waals surface area contributed by atoms with E-state index in [1.54, 1.807) is 0 Å². The van der Waals surface area contributed by atoms with Gasteiger partial charge in [0.05, 0.1) is 19.3 Å². The van der Waals surface area contributed by atoms with Crippen LogP contribution in [0, 0.1) is 6.92 Å². The molecule has 1 N–H and O–H groups in total. The zero-order chi connectivity index (χ0) is 12.8. The lowest BCUT2D eigenvalue weighted by atomic mass is 10.2. The van der Waals surface area contributed by atoms with E-state index < -0.39 is 0 Å². The molecule has 4 heteroatoms. The molecule has 0 spiro atoms. The molecule has 1 saturated heterocycles. The minimum atomic E-state index is -0.0438. The molecule has 18 heavy (non-hydrogen) atoms. The van der Waals surface area contributed by atoms with Crippen molar-refractivity contribution >= 4 is 0 Å². The quantitative estimate of drug-likeness (QED) is 0.850. The third kappa shape index (κ3) is 3.98. The third-order valence-corrected chi connectivity index (χ3v) is 3.09. The van der Waals surface area contributed by atoms with E-state index in [0.29, 0.717) is 13.2 Å². The Labute approximate surface area is 108 Å². The lowest BCUT2D eigenvalue weighted by molar-refractivity contribution is -0.0547. The van der Waals surface area contributed by atoms with Crippen molar-refractivity contribution in [3.8, 4) is 5.75 Å². The molecule has 2 rings (SSSR count). The van der Waals surface area contributed by atoms with Crippen molar-refractivity contribution in [2.45, 2.75) is 13.0 Å². The highest BCUT2D eigenvalue weighted by molar-refractivity contribution is 5.27. The Kier molecular flexibility index (Phi) is 4.99. The number of aryl methyl sites for hydroxylation is 1. The van der Waals surface area contributed by atoms with Gasteiger partial charge in [0.1, 0.15) is 12.4 Å². The molecule has 1 aliphatic rings. The van der Waals surface area contributed by atoms with Gasteiger partial charge in [-0.3, -0.25) is 4.90 Å². The van der Waals surface area contributed by atoms with Crippen molar-refractivity contribution in [2.24, 2.45) is 0 Å². The van der Waals surface area contributed by atoms with Crippen molar-refractivity contribution in [3.63, 3.8) is 0 Å². The van der Waals surface area contributed by atoms with Crippen molar-refractivity contribution in [2.75, 3.05) is 39.5 Å². The van der Waals surface area contributed by atoms with Gasteiger partial charge in [-0.25, -0.2) is 0 Å². The second-order valence-corrected chi connectivity index (χ2v) is 4.64. The highest BCUT2D eigenvalue weighted by atomic mass is 16.5. The summed E-state index contributed by atoms with van der Waals surface area (Å²) in [5, 5.41) is 9.06. The average Bonchev–Trinajstić information content (AvgIpc) is 2.39. The molecule has 1 heterocycles. The summed E-state index contributed by atoms with van der Waals surface area (Å²) < 4.78 is 11.1. The number of hydrogen-bond donors (Lipinski definition) is 1. The van der Waals surface area contributed by atoms with E-state index in [-0.39, 0.29) is 12.7 Å². The molecule has 0 bridgehead atoms. The monoisotopic (exact) mass is 251 g/mol. The van der Waals surface area contributed by atoms with E-state index >= 15 is 0 Å². The van der Waals surface area contributed by atoms with Gasteiger partial charge in [0, 0.05) is 19.6 Å². The average molecular weight is 251 g/mol. The largest absolute Gasteiger partial charge is 0.492 e. The standard InChI is InChI=1S/C14H21NO3/c1-12-3-2-4-13(9-12)17-7-5-15-6-8-18-14(10-15)11-16/h2-4,9,14,16H,5-8,10-11H2,1H3. The smallest absolute Gasteiger partial charge is 0.119 e. The minimum absolute atomic E-state index is 0.0438. The Hall–Kier alpha value is -1.10. The summed E-state index contributed by atoms with van der Waals surface area (Å²) in [4.78, 5) is 2.26. The molecule has 1 aliphatic heterocycles. The first-order chi connectivity index (χ1) is 8.78. The molecule has 1 atom stereocenters. The van der Waals surface area contributed by atoms with Crippen LogP contribution in [0.4, 0.5) is 0 Å². The molecular weight excluding hydrogens is 230 g/mol. The Balaban J connectivity index is 1.72. The predicted octanol–water partition coefficient (Wildman–Crippen LogP) is 1.07. The van der Waals surface area contributed by atoms with Crippen molar-refractivity contribution in [3.05, 3.63) is 29.8 Å². The van der Waals surface area contributed by atoms with Gasteiger partial charge in [0.25, 0.3) is 0 Å². The fraction of sp³-hybridized carbons (Fsp3) is 0.571. The molecule has 0 amide bonds. The van der Waals surface area contributed by atoms with Crippen molar-refractivity contribution in [1.82, 2.24) is 4.90 Å². The number of rotatable bonds is 5. The summed E-state index contributed by atoms with van der Waals surface area (Å²) in [6, 6.07) is 8.07. The van der Waals surface area contributed by atoms with Gasteiger partial charge in [-0.2, -0.15) is 0 Å². The molecular formula is C14H21NO3. The van der Waals surface area contributed by atoms with Gasteiger partial charge in [0.15, 0.2) is 0 Å². The number of aliphatic hydroxyl groups is 1. The molecule has 0 radical (unpaired) electrons. The minimum Gasteiger partial charge on any atom is -0.492 e. The zero-order valence-electron chi connectivity index (χ0n) is 10.8. The SMILES string of the molecule is Cc1cccc(OCCN2CCOC(CO)C2)c1. The summed E-state index contributed by atoms with van der Waals surface area (Å²) in [6.07, 6.45) is -0.0438. The van der Waals surface area contributed by atoms with Gasteiger partial charge >= 0.3 is 0 Å². The highest BCUT2D eigenvalue weighted by Crippen LogP contribution is 2.12. The fourth-order valence-corrected chi connectivity index (χ4v) is 2.09. The van der Waals surface area contributed by atoms with Crippen LogP contribution in [-0.2, 0) is 4.74 Å². The lowest BCUT2D eigenvalue weighted by Gasteiger charge is -2.31. The zero-order valence-corrected chi connectivity index (χ0v) is 10.8. The molecule has 0 saturated carbocycles. The maximum absolute atomic E-state index is 9.06. The van der Waals surface area contributed by atoms with E-state index in [9.17, 15) is 0 Å². The van der Waals surface area contributed by atoms with Crippen LogP contribution in [0.2, 0.25) is 0 Å². The lowest BCUT2D eigenvalue weighted by Crippen LogP contribution is -2.45. The van der Waals surface area contributed by atoms with Gasteiger partial charge < -0.3 is 14.6 Å². The van der Waals surface area contributed by atoms with Crippen LogP contribution in [0.3, 0.4) is 0 Å². The first-order valence-corrected chi connectivity index (χ1v) is 6.42. The van der Waals surface area contributed by atoms with Crippen LogP contribution in [-0.4, -0.2) is 55.6 Å². The maximum atomic E-state index is 9.06. The fourth-order valence-electron chi connectivity index (χ4n) is 2.09. The Morgan fingerprint density at radius 3 is 3.17 bits per heavy atom. The van der Waals surface area contributed by atoms with E-state index in [1.807, 2.05) is 18.2 Å². The van der Waals surface area contributed by atoms with E-state index in [2.05, 4.69) is 17.9 Å². The first kappa shape index (κ1) is 13.3. The normalized spacial score (nSPS) is 20.9. The molecule has 4 nitrogen and oxygen atoms in total. The number of benzene rings is 1. The van der Waals surface area contributed by atoms with E-state index in [0.717, 1.165) is 25.4 Å². The molecule has 0 aliphatic carbocycles. The van der Waals surface area contributed by atoms with Crippen LogP contribution < -0.4 is 4.74 Å². The van der Waals surface area contributed by atoms with E-state index in [1.165, 1.54) is 5.56 Å². The number of ether oxygens (including phenoxy) is 2. The topological polar surface area (TPSA) is 41.9 Å². The molecule has 1 aromatic rings. The Bertz CT molecular complexity index is 370. The second kappa shape index (κ2) is 6.73. The van der Waals surface area contributed by atoms with Crippen LogP contribution in [0.1, 0.15) is 5.56 Å². The Morgan fingerprint density at radius 2 is 2.39 bits per heavy atom. The summed E-state index contributed by atoms with van der Waals surface area (Å²) in [5.74, 6) is 0.918. The molecule has 100 valence electrons. The number of nitrogens with zero attached hydrogens (tertiary/aromatic N) is 1. The van der Waals surface area contributed by atoms with Crippen LogP contribution >= 0.6 is 0 Å². The molecule has 0 aromatic heterocycles. The van der Waals surface area contributed by atoms with Gasteiger partial charge in [0.2, 0.25) is 0 Å².